The van der Waals surface area contributed by atoms with Gasteiger partial charge in [-0.2, -0.15) is 0 Å². The lowest BCUT2D eigenvalue weighted by Gasteiger charge is -2.34. The van der Waals surface area contributed by atoms with Gasteiger partial charge in [0.05, 0.1) is 23.8 Å². The zero-order valence-electron chi connectivity index (χ0n) is 14.1. The van der Waals surface area contributed by atoms with Gasteiger partial charge in [0.1, 0.15) is 0 Å². The van der Waals surface area contributed by atoms with E-state index in [1.807, 2.05) is 6.20 Å². The fraction of sp³-hybridized carbons (Fsp3) is 0.750. The van der Waals surface area contributed by atoms with Crippen molar-refractivity contribution < 1.29 is 13.2 Å². The van der Waals surface area contributed by atoms with E-state index < -0.39 is 9.84 Å². The normalized spacial score (nSPS) is 21.5. The summed E-state index contributed by atoms with van der Waals surface area (Å²) in [6.07, 6.45) is 6.58. The van der Waals surface area contributed by atoms with Gasteiger partial charge in [0, 0.05) is 44.5 Å². The van der Waals surface area contributed by atoms with Crippen LogP contribution in [0.4, 0.5) is 0 Å². The Kier molecular flexibility index (Phi) is 5.24. The molecule has 0 aromatic carbocycles. The molecule has 1 saturated carbocycles. The number of rotatable bonds is 8. The maximum atomic E-state index is 11.9. The number of hydrogen-bond donors (Lipinski definition) is 1. The predicted octanol–water partition coefficient (Wildman–Crippen LogP) is 0.591. The lowest BCUT2D eigenvalue weighted by atomic mass is 10.1. The number of carbonyl (C=O) groups excluding carboxylic acids is 1. The highest BCUT2D eigenvalue weighted by Gasteiger charge is 2.28. The van der Waals surface area contributed by atoms with Crippen LogP contribution in [0, 0.1) is 5.92 Å². The van der Waals surface area contributed by atoms with Crippen molar-refractivity contribution in [2.24, 2.45) is 5.92 Å². The summed E-state index contributed by atoms with van der Waals surface area (Å²) in [5.74, 6) is 1.05. The topological polar surface area (TPSA) is 84.3 Å². The Balaban J connectivity index is 1.57. The molecule has 134 valence electrons. The summed E-state index contributed by atoms with van der Waals surface area (Å²) in [4.78, 5) is 18.3. The number of aromatic nitrogens is 2. The smallest absolute Gasteiger partial charge is 0.220 e. The number of fused-ring (bicyclic) bond motifs is 1. The first-order valence-electron chi connectivity index (χ1n) is 8.67. The van der Waals surface area contributed by atoms with Gasteiger partial charge in [-0.15, -0.1) is 0 Å². The van der Waals surface area contributed by atoms with Crippen molar-refractivity contribution in [1.82, 2.24) is 19.8 Å². The van der Waals surface area contributed by atoms with E-state index in [-0.39, 0.29) is 23.5 Å². The molecule has 1 aromatic heterocycles. The summed E-state index contributed by atoms with van der Waals surface area (Å²) < 4.78 is 25.6. The molecule has 1 aliphatic carbocycles. The molecule has 1 aliphatic heterocycles. The van der Waals surface area contributed by atoms with Gasteiger partial charge in [-0.25, -0.2) is 13.4 Å². The predicted molar refractivity (Wildman–Crippen MR) is 91.2 cm³/mol. The standard InChI is InChI=1S/C16H26N4O3S/c1-2-24(22,23)6-5-19-10-14-8-17-12-20(14)15(11-19)9-18-16(21)7-13-3-4-13/h8,12-13,15H,2-7,9-11H2,1H3,(H,18,21)/t15-/m0/s1. The van der Waals surface area contributed by atoms with Crippen molar-refractivity contribution in [3.05, 3.63) is 18.2 Å². The Morgan fingerprint density at radius 2 is 2.21 bits per heavy atom. The molecule has 2 heterocycles. The van der Waals surface area contributed by atoms with Crippen molar-refractivity contribution in [2.45, 2.75) is 38.8 Å². The van der Waals surface area contributed by atoms with Crippen LogP contribution in [0.5, 0.6) is 0 Å². The van der Waals surface area contributed by atoms with E-state index in [1.54, 1.807) is 13.3 Å². The molecule has 0 radical (unpaired) electrons. The number of amides is 1. The minimum Gasteiger partial charge on any atom is -0.354 e. The number of imidazole rings is 1. The van der Waals surface area contributed by atoms with Crippen LogP contribution in [0.1, 0.15) is 37.9 Å². The quantitative estimate of drug-likeness (QED) is 0.739. The minimum absolute atomic E-state index is 0.101. The monoisotopic (exact) mass is 354 g/mol. The Morgan fingerprint density at radius 1 is 1.42 bits per heavy atom. The largest absolute Gasteiger partial charge is 0.354 e. The third-order valence-corrected chi connectivity index (χ3v) is 6.54. The average molecular weight is 354 g/mol. The number of nitrogens with one attached hydrogen (secondary N) is 1. The third kappa shape index (κ3) is 4.57. The summed E-state index contributed by atoms with van der Waals surface area (Å²) in [6, 6.07) is 0.101. The highest BCUT2D eigenvalue weighted by molar-refractivity contribution is 7.91. The number of hydrogen-bond acceptors (Lipinski definition) is 5. The third-order valence-electron chi connectivity index (χ3n) is 4.86. The summed E-state index contributed by atoms with van der Waals surface area (Å²) in [6.45, 7) is 4.19. The van der Waals surface area contributed by atoms with Crippen LogP contribution in [0.25, 0.3) is 0 Å². The van der Waals surface area contributed by atoms with E-state index in [4.69, 9.17) is 0 Å². The van der Waals surface area contributed by atoms with Gasteiger partial charge >= 0.3 is 0 Å². The first-order chi connectivity index (χ1) is 11.5. The molecule has 7 nitrogen and oxygen atoms in total. The summed E-state index contributed by atoms with van der Waals surface area (Å²) in [5.41, 5.74) is 1.07. The Bertz CT molecular complexity index is 681. The lowest BCUT2D eigenvalue weighted by molar-refractivity contribution is -0.121. The van der Waals surface area contributed by atoms with Gasteiger partial charge in [-0.1, -0.05) is 6.92 Å². The van der Waals surface area contributed by atoms with Crippen molar-refractivity contribution in [3.63, 3.8) is 0 Å². The molecule has 8 heteroatoms. The molecule has 1 N–H and O–H groups in total. The van der Waals surface area contributed by atoms with Gasteiger partial charge in [0.25, 0.3) is 0 Å². The molecule has 24 heavy (non-hydrogen) atoms. The Labute approximate surface area is 143 Å². The van der Waals surface area contributed by atoms with Crippen LogP contribution in [0.3, 0.4) is 0 Å². The molecule has 0 unspecified atom stereocenters. The average Bonchev–Trinajstić information content (AvgIpc) is 3.24. The molecule has 0 bridgehead atoms. The van der Waals surface area contributed by atoms with E-state index in [2.05, 4.69) is 19.8 Å². The minimum atomic E-state index is -2.97. The van der Waals surface area contributed by atoms with Gasteiger partial charge in [0.15, 0.2) is 9.84 Å². The fourth-order valence-electron chi connectivity index (χ4n) is 3.10. The number of carbonyl (C=O) groups is 1. The summed E-state index contributed by atoms with van der Waals surface area (Å²) in [5, 5.41) is 3.03. The van der Waals surface area contributed by atoms with Crippen LogP contribution in [0.15, 0.2) is 12.5 Å². The second-order valence-corrected chi connectivity index (χ2v) is 9.34. The maximum absolute atomic E-state index is 11.9. The molecular formula is C16H26N4O3S. The zero-order chi connectivity index (χ0) is 17.2. The maximum Gasteiger partial charge on any atom is 0.220 e. The van der Waals surface area contributed by atoms with Gasteiger partial charge < -0.3 is 9.88 Å². The molecule has 1 amide bonds. The molecule has 1 atom stereocenters. The van der Waals surface area contributed by atoms with Crippen molar-refractivity contribution >= 4 is 15.7 Å². The van der Waals surface area contributed by atoms with Gasteiger partial charge in [0.2, 0.25) is 5.91 Å². The van der Waals surface area contributed by atoms with Crippen LogP contribution in [-0.4, -0.2) is 59.9 Å². The van der Waals surface area contributed by atoms with Crippen LogP contribution in [0.2, 0.25) is 0 Å². The fourth-order valence-corrected chi connectivity index (χ4v) is 3.92. The van der Waals surface area contributed by atoms with Gasteiger partial charge in [-0.05, 0) is 18.8 Å². The molecular weight excluding hydrogens is 328 g/mol. The highest BCUT2D eigenvalue weighted by Crippen LogP contribution is 2.32. The molecule has 0 spiro atoms. The summed E-state index contributed by atoms with van der Waals surface area (Å²) >= 11 is 0. The highest BCUT2D eigenvalue weighted by atomic mass is 32.2. The second kappa shape index (κ2) is 7.23. The SMILES string of the molecule is CCS(=O)(=O)CCN1Cc2cncn2[C@@H](CNC(=O)CC2CC2)C1. The molecule has 1 fully saturated rings. The van der Waals surface area contributed by atoms with Crippen molar-refractivity contribution in [2.75, 3.05) is 31.1 Å². The van der Waals surface area contributed by atoms with Crippen LogP contribution >= 0.6 is 0 Å². The van der Waals surface area contributed by atoms with E-state index in [0.717, 1.165) is 12.2 Å². The Hall–Kier alpha value is -1.41. The van der Waals surface area contributed by atoms with Crippen molar-refractivity contribution in [1.29, 1.82) is 0 Å². The van der Waals surface area contributed by atoms with Crippen LogP contribution < -0.4 is 5.32 Å². The van der Waals surface area contributed by atoms with E-state index in [1.165, 1.54) is 12.8 Å². The molecule has 2 aliphatic rings. The second-order valence-electron chi connectivity index (χ2n) is 6.87. The number of nitrogens with zero attached hydrogens (tertiary/aromatic N) is 3. The zero-order valence-corrected chi connectivity index (χ0v) is 15.0. The van der Waals surface area contributed by atoms with Gasteiger partial charge in [-0.3, -0.25) is 9.69 Å². The number of sulfone groups is 1. The first-order valence-corrected chi connectivity index (χ1v) is 10.5. The van der Waals surface area contributed by atoms with Crippen LogP contribution in [-0.2, 0) is 21.2 Å². The van der Waals surface area contributed by atoms with E-state index >= 15 is 0 Å². The Morgan fingerprint density at radius 3 is 2.92 bits per heavy atom. The van der Waals surface area contributed by atoms with Crippen molar-refractivity contribution in [3.8, 4) is 0 Å². The van der Waals surface area contributed by atoms with E-state index in [0.29, 0.717) is 32.0 Å². The first kappa shape index (κ1) is 17.4. The summed E-state index contributed by atoms with van der Waals surface area (Å²) in [7, 11) is -2.97. The molecule has 1 aromatic rings. The molecule has 3 rings (SSSR count). The molecule has 0 saturated heterocycles. The lowest BCUT2D eigenvalue weighted by Crippen LogP contribution is -2.43. The van der Waals surface area contributed by atoms with E-state index in [9.17, 15) is 13.2 Å².